The Hall–Kier alpha value is -1.69. The van der Waals surface area contributed by atoms with Gasteiger partial charge in [-0.1, -0.05) is 36.4 Å². The number of ether oxygens (including phenoxy) is 1. The smallest absolute Gasteiger partial charge is 0.175 e. The molecule has 0 spiro atoms. The molecule has 1 atom stereocenters. The Morgan fingerprint density at radius 3 is 1.92 bits per heavy atom. The van der Waals surface area contributed by atoms with Crippen LogP contribution in [0.5, 0.6) is 0 Å². The van der Waals surface area contributed by atoms with Crippen LogP contribution in [0.4, 0.5) is 0 Å². The predicted octanol–water partition coefficient (Wildman–Crippen LogP) is 3.15. The highest BCUT2D eigenvalue weighted by Gasteiger charge is 2.18. The van der Waals surface area contributed by atoms with E-state index >= 15 is 0 Å². The highest BCUT2D eigenvalue weighted by atomic mass is 32.2. The molecule has 1 fully saturated rings. The summed E-state index contributed by atoms with van der Waals surface area (Å²) in [6.07, 6.45) is 1.23. The van der Waals surface area contributed by atoms with Gasteiger partial charge in [-0.2, -0.15) is 0 Å². The van der Waals surface area contributed by atoms with Crippen molar-refractivity contribution in [3.8, 4) is 11.1 Å². The van der Waals surface area contributed by atoms with Gasteiger partial charge in [-0.15, -0.1) is 0 Å². The molecule has 0 aliphatic carbocycles. The molecule has 0 saturated carbocycles. The fraction of sp³-hybridized carbons (Fsp3) is 0.368. The van der Waals surface area contributed by atoms with E-state index in [4.69, 9.17) is 4.74 Å². The van der Waals surface area contributed by atoms with Crippen LogP contribution in [0.15, 0.2) is 53.4 Å². The summed E-state index contributed by atoms with van der Waals surface area (Å²) in [6.45, 7) is 5.76. The topological polar surface area (TPSA) is 46.6 Å². The Balaban J connectivity index is 1.76. The molecule has 1 saturated heterocycles. The zero-order valence-corrected chi connectivity index (χ0v) is 14.9. The third kappa shape index (κ3) is 3.86. The minimum Gasteiger partial charge on any atom is -0.379 e. The number of benzene rings is 2. The van der Waals surface area contributed by atoms with Gasteiger partial charge in [0, 0.05) is 25.4 Å². The quantitative estimate of drug-likeness (QED) is 0.854. The number of hydrogen-bond donors (Lipinski definition) is 0. The van der Waals surface area contributed by atoms with Gasteiger partial charge in [0.15, 0.2) is 9.84 Å². The molecule has 0 radical (unpaired) electrons. The van der Waals surface area contributed by atoms with Gasteiger partial charge in [-0.25, -0.2) is 8.42 Å². The van der Waals surface area contributed by atoms with Crippen molar-refractivity contribution >= 4 is 9.84 Å². The second-order valence-corrected chi connectivity index (χ2v) is 8.26. The lowest BCUT2D eigenvalue weighted by atomic mass is 10.0. The molecule has 128 valence electrons. The van der Waals surface area contributed by atoms with E-state index in [-0.39, 0.29) is 0 Å². The fourth-order valence-electron chi connectivity index (χ4n) is 3.02. The van der Waals surface area contributed by atoms with Crippen molar-refractivity contribution in [3.05, 3.63) is 54.1 Å². The molecule has 24 heavy (non-hydrogen) atoms. The Morgan fingerprint density at radius 1 is 0.917 bits per heavy atom. The van der Waals surface area contributed by atoms with E-state index in [0.29, 0.717) is 10.9 Å². The second kappa shape index (κ2) is 7.05. The number of morpholine rings is 1. The van der Waals surface area contributed by atoms with Crippen molar-refractivity contribution in [1.29, 1.82) is 0 Å². The average Bonchev–Trinajstić information content (AvgIpc) is 2.61. The summed E-state index contributed by atoms with van der Waals surface area (Å²) in [5.41, 5.74) is 3.40. The van der Waals surface area contributed by atoms with Crippen molar-refractivity contribution in [2.24, 2.45) is 0 Å². The summed E-state index contributed by atoms with van der Waals surface area (Å²) in [4.78, 5) is 2.78. The van der Waals surface area contributed by atoms with Crippen LogP contribution in [0.1, 0.15) is 18.5 Å². The first-order chi connectivity index (χ1) is 11.4. The minimum absolute atomic E-state index is 0.351. The molecule has 4 nitrogen and oxygen atoms in total. The lowest BCUT2D eigenvalue weighted by Crippen LogP contribution is -2.37. The predicted molar refractivity (Wildman–Crippen MR) is 95.8 cm³/mol. The minimum atomic E-state index is -3.15. The number of nitrogens with zero attached hydrogens (tertiary/aromatic N) is 1. The Bertz CT molecular complexity index is 776. The van der Waals surface area contributed by atoms with Gasteiger partial charge < -0.3 is 4.74 Å². The summed E-state index contributed by atoms with van der Waals surface area (Å²) in [7, 11) is -3.15. The van der Waals surface area contributed by atoms with E-state index in [9.17, 15) is 8.42 Å². The molecule has 0 N–H and O–H groups in total. The van der Waals surface area contributed by atoms with Gasteiger partial charge in [-0.05, 0) is 35.7 Å². The molecule has 0 amide bonds. The van der Waals surface area contributed by atoms with Crippen molar-refractivity contribution in [1.82, 2.24) is 4.90 Å². The Morgan fingerprint density at radius 2 is 1.42 bits per heavy atom. The lowest BCUT2D eigenvalue weighted by molar-refractivity contribution is 0.0198. The standard InChI is InChI=1S/C19H23NO3S/c1-15(20-11-13-23-14-12-20)16-3-5-17(6-4-16)18-7-9-19(10-8-18)24(2,21)22/h3-10,15H,11-14H2,1-2H3/t15-/m0/s1. The maximum Gasteiger partial charge on any atom is 0.175 e. The molecule has 3 rings (SSSR count). The summed E-state index contributed by atoms with van der Waals surface area (Å²) >= 11 is 0. The van der Waals surface area contributed by atoms with Gasteiger partial charge in [0.1, 0.15) is 0 Å². The summed E-state index contributed by atoms with van der Waals surface area (Å²) < 4.78 is 28.5. The summed E-state index contributed by atoms with van der Waals surface area (Å²) in [5, 5.41) is 0. The maximum absolute atomic E-state index is 11.5. The van der Waals surface area contributed by atoms with Gasteiger partial charge >= 0.3 is 0 Å². The van der Waals surface area contributed by atoms with Crippen LogP contribution in [0.25, 0.3) is 11.1 Å². The van der Waals surface area contributed by atoms with Crippen LogP contribution in [0, 0.1) is 0 Å². The van der Waals surface area contributed by atoms with E-state index in [2.05, 4.69) is 36.1 Å². The van der Waals surface area contributed by atoms with Crippen LogP contribution in [0.2, 0.25) is 0 Å². The van der Waals surface area contributed by atoms with Gasteiger partial charge in [-0.3, -0.25) is 4.90 Å². The Kier molecular flexibility index (Phi) is 5.04. The van der Waals surface area contributed by atoms with E-state index < -0.39 is 9.84 Å². The van der Waals surface area contributed by atoms with Crippen LogP contribution in [-0.2, 0) is 14.6 Å². The van der Waals surface area contributed by atoms with Crippen molar-refractivity contribution in [2.75, 3.05) is 32.6 Å². The largest absolute Gasteiger partial charge is 0.379 e. The number of sulfone groups is 1. The molecule has 2 aromatic carbocycles. The first-order valence-corrected chi connectivity index (χ1v) is 10.1. The lowest BCUT2D eigenvalue weighted by Gasteiger charge is -2.32. The SMILES string of the molecule is C[C@@H](c1ccc(-c2ccc(S(C)(=O)=O)cc2)cc1)N1CCOCC1. The molecule has 1 heterocycles. The van der Waals surface area contributed by atoms with Crippen LogP contribution >= 0.6 is 0 Å². The van der Waals surface area contributed by atoms with E-state index in [1.807, 2.05) is 12.1 Å². The third-order valence-corrected chi connectivity index (χ3v) is 5.73. The number of hydrogen-bond acceptors (Lipinski definition) is 4. The van der Waals surface area contributed by atoms with Crippen LogP contribution < -0.4 is 0 Å². The van der Waals surface area contributed by atoms with Gasteiger partial charge in [0.2, 0.25) is 0 Å². The highest BCUT2D eigenvalue weighted by molar-refractivity contribution is 7.90. The molecular weight excluding hydrogens is 322 g/mol. The van der Waals surface area contributed by atoms with Crippen molar-refractivity contribution < 1.29 is 13.2 Å². The average molecular weight is 345 g/mol. The molecule has 1 aliphatic heterocycles. The van der Waals surface area contributed by atoms with Crippen LogP contribution in [-0.4, -0.2) is 45.9 Å². The zero-order chi connectivity index (χ0) is 17.2. The molecule has 0 unspecified atom stereocenters. The fourth-order valence-corrected chi connectivity index (χ4v) is 3.65. The Labute approximate surface area is 144 Å². The van der Waals surface area contributed by atoms with Gasteiger partial charge in [0.25, 0.3) is 0 Å². The summed E-state index contributed by atoms with van der Waals surface area (Å²) in [6, 6.07) is 15.9. The molecule has 0 bridgehead atoms. The van der Waals surface area contributed by atoms with Gasteiger partial charge in [0.05, 0.1) is 18.1 Å². The third-order valence-electron chi connectivity index (χ3n) is 4.60. The van der Waals surface area contributed by atoms with E-state index in [1.54, 1.807) is 12.1 Å². The monoisotopic (exact) mass is 345 g/mol. The highest BCUT2D eigenvalue weighted by Crippen LogP contribution is 2.26. The molecule has 1 aliphatic rings. The maximum atomic E-state index is 11.5. The van der Waals surface area contributed by atoms with Crippen molar-refractivity contribution in [3.63, 3.8) is 0 Å². The molecule has 5 heteroatoms. The zero-order valence-electron chi connectivity index (χ0n) is 14.1. The second-order valence-electron chi connectivity index (χ2n) is 6.24. The van der Waals surface area contributed by atoms with E-state index in [1.165, 1.54) is 11.8 Å². The first kappa shape index (κ1) is 17.1. The molecule has 2 aromatic rings. The molecular formula is C19H23NO3S. The first-order valence-electron chi connectivity index (χ1n) is 8.17. The van der Waals surface area contributed by atoms with E-state index in [0.717, 1.165) is 37.4 Å². The normalized spacial score (nSPS) is 17.6. The molecule has 0 aromatic heterocycles. The number of rotatable bonds is 4. The summed E-state index contributed by atoms with van der Waals surface area (Å²) in [5.74, 6) is 0. The van der Waals surface area contributed by atoms with Crippen molar-refractivity contribution in [2.45, 2.75) is 17.9 Å². The van der Waals surface area contributed by atoms with Crippen LogP contribution in [0.3, 0.4) is 0 Å².